The number of benzene rings is 1. The zero-order valence-corrected chi connectivity index (χ0v) is 13.1. The Bertz CT molecular complexity index is 646. The average molecular weight is 307 g/mol. The van der Waals surface area contributed by atoms with E-state index in [0.717, 1.165) is 5.69 Å². The summed E-state index contributed by atoms with van der Waals surface area (Å²) in [5.41, 5.74) is 7.22. The van der Waals surface area contributed by atoms with Crippen molar-refractivity contribution in [1.82, 2.24) is 15.1 Å². The SMILES string of the molecule is Cc1nn(-c2ccc(Cl)cc2)cc1C(=O)NC(C)(C)CN. The minimum absolute atomic E-state index is 0.178. The van der Waals surface area contributed by atoms with Crippen molar-refractivity contribution in [3.05, 3.63) is 46.7 Å². The maximum absolute atomic E-state index is 12.3. The lowest BCUT2D eigenvalue weighted by atomic mass is 10.1. The Labute approximate surface area is 129 Å². The van der Waals surface area contributed by atoms with Gasteiger partial charge in [-0.05, 0) is 45.0 Å². The van der Waals surface area contributed by atoms with Crippen LogP contribution in [0.4, 0.5) is 0 Å². The molecule has 0 aliphatic carbocycles. The van der Waals surface area contributed by atoms with Crippen molar-refractivity contribution >= 4 is 17.5 Å². The first-order valence-electron chi connectivity index (χ1n) is 6.67. The second-order valence-electron chi connectivity index (χ2n) is 5.59. The van der Waals surface area contributed by atoms with Gasteiger partial charge in [0.2, 0.25) is 0 Å². The molecule has 1 heterocycles. The molecule has 1 aromatic heterocycles. The first-order chi connectivity index (χ1) is 9.82. The van der Waals surface area contributed by atoms with Crippen LogP contribution in [-0.2, 0) is 0 Å². The summed E-state index contributed by atoms with van der Waals surface area (Å²) in [6, 6.07) is 7.26. The van der Waals surface area contributed by atoms with Gasteiger partial charge in [0.05, 0.1) is 16.9 Å². The van der Waals surface area contributed by atoms with E-state index in [1.807, 2.05) is 26.0 Å². The van der Waals surface area contributed by atoms with Gasteiger partial charge >= 0.3 is 0 Å². The van der Waals surface area contributed by atoms with Gasteiger partial charge in [-0.25, -0.2) is 4.68 Å². The number of nitrogens with zero attached hydrogens (tertiary/aromatic N) is 2. The standard InChI is InChI=1S/C15H19ClN4O/c1-10-13(14(21)18-15(2,3)9-17)8-20(19-10)12-6-4-11(16)5-7-12/h4-8H,9,17H2,1-3H3,(H,18,21). The Hall–Kier alpha value is -1.85. The molecule has 0 bridgehead atoms. The number of hydrogen-bond acceptors (Lipinski definition) is 3. The average Bonchev–Trinajstić information content (AvgIpc) is 2.81. The highest BCUT2D eigenvalue weighted by atomic mass is 35.5. The lowest BCUT2D eigenvalue weighted by Gasteiger charge is -2.23. The van der Waals surface area contributed by atoms with Gasteiger partial charge in [-0.3, -0.25) is 4.79 Å². The number of hydrogen-bond donors (Lipinski definition) is 2. The van der Waals surface area contributed by atoms with Crippen LogP contribution in [0.5, 0.6) is 0 Å². The van der Waals surface area contributed by atoms with E-state index in [1.54, 1.807) is 29.9 Å². The molecule has 21 heavy (non-hydrogen) atoms. The number of nitrogens with two attached hydrogens (primary N) is 1. The van der Waals surface area contributed by atoms with Crippen LogP contribution >= 0.6 is 11.6 Å². The fourth-order valence-corrected chi connectivity index (χ4v) is 1.96. The lowest BCUT2D eigenvalue weighted by Crippen LogP contribution is -2.48. The molecular formula is C15H19ClN4O. The molecule has 6 heteroatoms. The molecule has 0 aliphatic rings. The van der Waals surface area contributed by atoms with E-state index in [4.69, 9.17) is 17.3 Å². The van der Waals surface area contributed by atoms with Gasteiger partial charge in [0.1, 0.15) is 0 Å². The molecule has 112 valence electrons. The van der Waals surface area contributed by atoms with E-state index in [9.17, 15) is 4.79 Å². The van der Waals surface area contributed by atoms with Crippen LogP contribution in [0.25, 0.3) is 5.69 Å². The minimum Gasteiger partial charge on any atom is -0.346 e. The van der Waals surface area contributed by atoms with Crippen LogP contribution in [0.3, 0.4) is 0 Å². The largest absolute Gasteiger partial charge is 0.346 e. The summed E-state index contributed by atoms with van der Waals surface area (Å²) in [4.78, 5) is 12.3. The maximum atomic E-state index is 12.3. The fourth-order valence-electron chi connectivity index (χ4n) is 1.83. The Kier molecular flexibility index (Phi) is 4.34. The molecule has 1 amide bonds. The molecule has 0 fully saturated rings. The third-order valence-electron chi connectivity index (χ3n) is 3.20. The predicted molar refractivity (Wildman–Crippen MR) is 83.9 cm³/mol. The first-order valence-corrected chi connectivity index (χ1v) is 7.05. The number of aryl methyl sites for hydroxylation is 1. The van der Waals surface area contributed by atoms with E-state index in [1.165, 1.54) is 0 Å². The third kappa shape index (κ3) is 3.62. The zero-order chi connectivity index (χ0) is 15.6. The molecule has 0 unspecified atom stereocenters. The molecule has 0 saturated carbocycles. The molecule has 3 N–H and O–H groups in total. The van der Waals surface area contributed by atoms with Crippen LogP contribution in [-0.4, -0.2) is 27.8 Å². The van der Waals surface area contributed by atoms with E-state index in [0.29, 0.717) is 22.8 Å². The summed E-state index contributed by atoms with van der Waals surface area (Å²) in [7, 11) is 0. The normalized spacial score (nSPS) is 11.5. The van der Waals surface area contributed by atoms with Gasteiger partial charge in [-0.15, -0.1) is 0 Å². The first kappa shape index (κ1) is 15.5. The van der Waals surface area contributed by atoms with Crippen molar-refractivity contribution < 1.29 is 4.79 Å². The summed E-state index contributed by atoms with van der Waals surface area (Å²) in [6.07, 6.45) is 1.71. The molecule has 0 aliphatic heterocycles. The highest BCUT2D eigenvalue weighted by Gasteiger charge is 2.22. The fraction of sp³-hybridized carbons (Fsp3) is 0.333. The van der Waals surface area contributed by atoms with Crippen LogP contribution < -0.4 is 11.1 Å². The molecule has 0 radical (unpaired) electrons. The van der Waals surface area contributed by atoms with Gasteiger partial charge in [0, 0.05) is 23.3 Å². The smallest absolute Gasteiger partial charge is 0.255 e. The topological polar surface area (TPSA) is 72.9 Å². The number of carbonyl (C=O) groups is 1. The monoisotopic (exact) mass is 306 g/mol. The van der Waals surface area contributed by atoms with E-state index < -0.39 is 5.54 Å². The number of rotatable bonds is 4. The van der Waals surface area contributed by atoms with E-state index in [-0.39, 0.29) is 5.91 Å². The van der Waals surface area contributed by atoms with Crippen molar-refractivity contribution in [2.75, 3.05) is 6.54 Å². The Balaban J connectivity index is 2.27. The van der Waals surface area contributed by atoms with Gasteiger partial charge in [0.15, 0.2) is 0 Å². The Morgan fingerprint density at radius 3 is 2.57 bits per heavy atom. The van der Waals surface area contributed by atoms with E-state index in [2.05, 4.69) is 10.4 Å². The Morgan fingerprint density at radius 1 is 1.38 bits per heavy atom. The van der Waals surface area contributed by atoms with Crippen LogP contribution in [0, 0.1) is 6.92 Å². The predicted octanol–water partition coefficient (Wildman–Crippen LogP) is 2.30. The summed E-state index contributed by atoms with van der Waals surface area (Å²) >= 11 is 5.87. The quantitative estimate of drug-likeness (QED) is 0.910. The van der Waals surface area contributed by atoms with E-state index >= 15 is 0 Å². The molecule has 2 rings (SSSR count). The molecule has 0 saturated heterocycles. The summed E-state index contributed by atoms with van der Waals surface area (Å²) in [5.74, 6) is -0.178. The van der Waals surface area contributed by atoms with Crippen molar-refractivity contribution in [2.24, 2.45) is 5.73 Å². The van der Waals surface area contributed by atoms with Crippen LogP contribution in [0.2, 0.25) is 5.02 Å². The molecule has 2 aromatic rings. The number of aromatic nitrogens is 2. The Morgan fingerprint density at radius 2 is 2.00 bits per heavy atom. The maximum Gasteiger partial charge on any atom is 0.255 e. The summed E-state index contributed by atoms with van der Waals surface area (Å²) in [5, 5.41) is 7.93. The molecule has 1 aromatic carbocycles. The summed E-state index contributed by atoms with van der Waals surface area (Å²) in [6.45, 7) is 5.92. The van der Waals surface area contributed by atoms with Gasteiger partial charge in [-0.1, -0.05) is 11.6 Å². The number of halogens is 1. The van der Waals surface area contributed by atoms with Gasteiger partial charge < -0.3 is 11.1 Å². The van der Waals surface area contributed by atoms with Crippen molar-refractivity contribution in [3.8, 4) is 5.69 Å². The van der Waals surface area contributed by atoms with Crippen molar-refractivity contribution in [3.63, 3.8) is 0 Å². The third-order valence-corrected chi connectivity index (χ3v) is 3.45. The summed E-state index contributed by atoms with van der Waals surface area (Å²) < 4.78 is 1.66. The van der Waals surface area contributed by atoms with Crippen LogP contribution in [0.15, 0.2) is 30.5 Å². The second-order valence-corrected chi connectivity index (χ2v) is 6.03. The molecule has 0 atom stereocenters. The number of nitrogens with one attached hydrogen (secondary N) is 1. The van der Waals surface area contributed by atoms with Crippen LogP contribution in [0.1, 0.15) is 29.9 Å². The number of amides is 1. The number of carbonyl (C=O) groups excluding carboxylic acids is 1. The van der Waals surface area contributed by atoms with Crippen molar-refractivity contribution in [2.45, 2.75) is 26.3 Å². The lowest BCUT2D eigenvalue weighted by molar-refractivity contribution is 0.0915. The molecular weight excluding hydrogens is 288 g/mol. The highest BCUT2D eigenvalue weighted by Crippen LogP contribution is 2.16. The molecule has 0 spiro atoms. The highest BCUT2D eigenvalue weighted by molar-refractivity contribution is 6.30. The molecule has 5 nitrogen and oxygen atoms in total. The van der Waals surface area contributed by atoms with Gasteiger partial charge in [0.25, 0.3) is 5.91 Å². The minimum atomic E-state index is -0.452. The second kappa shape index (κ2) is 5.87. The van der Waals surface area contributed by atoms with Crippen molar-refractivity contribution in [1.29, 1.82) is 0 Å². The van der Waals surface area contributed by atoms with Gasteiger partial charge in [-0.2, -0.15) is 5.10 Å². The zero-order valence-electron chi connectivity index (χ0n) is 12.4.